The van der Waals surface area contributed by atoms with E-state index in [9.17, 15) is 4.79 Å². The zero-order chi connectivity index (χ0) is 17.4. The van der Waals surface area contributed by atoms with Crippen molar-refractivity contribution in [1.29, 1.82) is 0 Å². The highest BCUT2D eigenvalue weighted by Crippen LogP contribution is 2.36. The number of carbonyl (C=O) groups is 1. The zero-order valence-electron chi connectivity index (χ0n) is 15.0. The van der Waals surface area contributed by atoms with Gasteiger partial charge in [0, 0.05) is 13.0 Å². The molecular formula is C18H26BNO4. The van der Waals surface area contributed by atoms with Gasteiger partial charge in [-0.05, 0) is 51.7 Å². The standard InChI is InChI=1S/C18H26BNO4/c1-17(2)18(3,4)24-19(23-17)14-7-9-15(10-8-14)22-13-12-20-11-5-6-16(20)21/h7-10H,5-6,11-13H2,1-4H3. The van der Waals surface area contributed by atoms with E-state index in [4.69, 9.17) is 14.0 Å². The minimum Gasteiger partial charge on any atom is -0.492 e. The molecule has 0 atom stereocenters. The van der Waals surface area contributed by atoms with Crippen LogP contribution >= 0.6 is 0 Å². The van der Waals surface area contributed by atoms with Gasteiger partial charge in [0.05, 0.1) is 17.7 Å². The Labute approximate surface area is 144 Å². The minimum atomic E-state index is -0.355. The largest absolute Gasteiger partial charge is 0.494 e. The number of hydrogen-bond donors (Lipinski definition) is 0. The highest BCUT2D eigenvalue weighted by Gasteiger charge is 2.51. The molecule has 0 aromatic heterocycles. The van der Waals surface area contributed by atoms with Gasteiger partial charge < -0.3 is 18.9 Å². The van der Waals surface area contributed by atoms with Crippen molar-refractivity contribution in [1.82, 2.24) is 4.90 Å². The summed E-state index contributed by atoms with van der Waals surface area (Å²) in [6, 6.07) is 7.79. The Morgan fingerprint density at radius 2 is 1.75 bits per heavy atom. The predicted octanol–water partition coefficient (Wildman–Crippen LogP) is 1.99. The van der Waals surface area contributed by atoms with Gasteiger partial charge in [-0.3, -0.25) is 4.79 Å². The third kappa shape index (κ3) is 3.45. The van der Waals surface area contributed by atoms with Crippen LogP contribution in [0, 0.1) is 0 Å². The second kappa shape index (κ2) is 6.41. The molecule has 3 rings (SSSR count). The van der Waals surface area contributed by atoms with Gasteiger partial charge in [-0.1, -0.05) is 12.1 Å². The monoisotopic (exact) mass is 331 g/mol. The number of benzene rings is 1. The van der Waals surface area contributed by atoms with Crippen LogP contribution in [0.4, 0.5) is 0 Å². The molecule has 6 heteroatoms. The Morgan fingerprint density at radius 3 is 2.29 bits per heavy atom. The van der Waals surface area contributed by atoms with Gasteiger partial charge in [0.15, 0.2) is 0 Å². The van der Waals surface area contributed by atoms with E-state index in [1.54, 1.807) is 0 Å². The van der Waals surface area contributed by atoms with Crippen LogP contribution in [0.15, 0.2) is 24.3 Å². The molecule has 0 saturated carbocycles. The van der Waals surface area contributed by atoms with Gasteiger partial charge in [0.1, 0.15) is 12.4 Å². The van der Waals surface area contributed by atoms with Crippen LogP contribution in [-0.4, -0.2) is 48.8 Å². The second-order valence-electron chi connectivity index (χ2n) is 7.49. The van der Waals surface area contributed by atoms with E-state index < -0.39 is 0 Å². The number of ether oxygens (including phenoxy) is 1. The molecule has 2 heterocycles. The van der Waals surface area contributed by atoms with Crippen molar-refractivity contribution < 1.29 is 18.8 Å². The van der Waals surface area contributed by atoms with Crippen LogP contribution in [0.1, 0.15) is 40.5 Å². The Hall–Kier alpha value is -1.53. The first-order valence-electron chi connectivity index (χ1n) is 8.65. The summed E-state index contributed by atoms with van der Waals surface area (Å²) >= 11 is 0. The molecule has 1 aromatic carbocycles. The van der Waals surface area contributed by atoms with Crippen molar-refractivity contribution in [2.45, 2.75) is 51.7 Å². The maximum Gasteiger partial charge on any atom is 0.494 e. The van der Waals surface area contributed by atoms with Crippen LogP contribution in [0.25, 0.3) is 0 Å². The third-order valence-electron chi connectivity index (χ3n) is 5.21. The third-order valence-corrected chi connectivity index (χ3v) is 5.21. The molecule has 24 heavy (non-hydrogen) atoms. The van der Waals surface area contributed by atoms with Crippen LogP contribution < -0.4 is 10.2 Å². The molecule has 0 N–H and O–H groups in total. The Balaban J connectivity index is 1.53. The molecule has 130 valence electrons. The quantitative estimate of drug-likeness (QED) is 0.774. The van der Waals surface area contributed by atoms with Crippen molar-refractivity contribution in [3.8, 4) is 5.75 Å². The lowest BCUT2D eigenvalue weighted by molar-refractivity contribution is -0.128. The average Bonchev–Trinajstić information content (AvgIpc) is 3.01. The highest BCUT2D eigenvalue weighted by molar-refractivity contribution is 6.62. The lowest BCUT2D eigenvalue weighted by atomic mass is 9.79. The van der Waals surface area contributed by atoms with E-state index in [2.05, 4.69) is 0 Å². The van der Waals surface area contributed by atoms with Crippen molar-refractivity contribution >= 4 is 18.5 Å². The predicted molar refractivity (Wildman–Crippen MR) is 93.5 cm³/mol. The Kier molecular flexibility index (Phi) is 4.62. The lowest BCUT2D eigenvalue weighted by Gasteiger charge is -2.32. The molecule has 5 nitrogen and oxygen atoms in total. The fourth-order valence-electron chi connectivity index (χ4n) is 2.91. The molecule has 2 saturated heterocycles. The number of amides is 1. The van der Waals surface area contributed by atoms with E-state index >= 15 is 0 Å². The van der Waals surface area contributed by atoms with Gasteiger partial charge >= 0.3 is 7.12 Å². The molecule has 2 fully saturated rings. The van der Waals surface area contributed by atoms with Gasteiger partial charge in [0.2, 0.25) is 5.91 Å². The molecule has 2 aliphatic heterocycles. The van der Waals surface area contributed by atoms with E-state index in [1.165, 1.54) is 0 Å². The van der Waals surface area contributed by atoms with E-state index in [0.717, 1.165) is 24.2 Å². The topological polar surface area (TPSA) is 48.0 Å². The second-order valence-corrected chi connectivity index (χ2v) is 7.49. The summed E-state index contributed by atoms with van der Waals surface area (Å²) in [6.45, 7) is 10.2. The smallest absolute Gasteiger partial charge is 0.492 e. The summed E-state index contributed by atoms with van der Waals surface area (Å²) < 4.78 is 17.8. The summed E-state index contributed by atoms with van der Waals surface area (Å²) in [5.74, 6) is 1.02. The molecule has 0 aliphatic carbocycles. The summed E-state index contributed by atoms with van der Waals surface area (Å²) in [6.07, 6.45) is 1.63. The van der Waals surface area contributed by atoms with Crippen molar-refractivity contribution in [2.75, 3.05) is 19.7 Å². The number of likely N-dealkylation sites (tertiary alicyclic amines) is 1. The number of carbonyl (C=O) groups excluding carboxylic acids is 1. The van der Waals surface area contributed by atoms with Gasteiger partial charge in [-0.2, -0.15) is 0 Å². The molecule has 0 spiro atoms. The molecule has 0 unspecified atom stereocenters. The maximum atomic E-state index is 11.6. The first-order valence-corrected chi connectivity index (χ1v) is 8.65. The molecule has 0 radical (unpaired) electrons. The zero-order valence-corrected chi connectivity index (χ0v) is 15.0. The normalized spacial score (nSPS) is 22.2. The summed E-state index contributed by atoms with van der Waals surface area (Å²) in [4.78, 5) is 13.4. The first kappa shape index (κ1) is 17.3. The van der Waals surface area contributed by atoms with Crippen molar-refractivity contribution in [3.05, 3.63) is 24.3 Å². The van der Waals surface area contributed by atoms with Crippen molar-refractivity contribution in [3.63, 3.8) is 0 Å². The Morgan fingerprint density at radius 1 is 1.12 bits per heavy atom. The molecule has 0 bridgehead atoms. The number of hydrogen-bond acceptors (Lipinski definition) is 4. The van der Waals surface area contributed by atoms with Crippen LogP contribution in [0.5, 0.6) is 5.75 Å². The minimum absolute atomic E-state index is 0.231. The molecule has 2 aliphatic rings. The van der Waals surface area contributed by atoms with Crippen LogP contribution in [-0.2, 0) is 14.1 Å². The molecule has 1 amide bonds. The van der Waals surface area contributed by atoms with E-state index in [-0.39, 0.29) is 24.2 Å². The fraction of sp³-hybridized carbons (Fsp3) is 0.611. The van der Waals surface area contributed by atoms with Gasteiger partial charge in [-0.25, -0.2) is 0 Å². The summed E-state index contributed by atoms with van der Waals surface area (Å²) in [5, 5.41) is 0. The summed E-state index contributed by atoms with van der Waals surface area (Å²) in [5.41, 5.74) is 0.306. The highest BCUT2D eigenvalue weighted by atomic mass is 16.7. The van der Waals surface area contributed by atoms with Crippen molar-refractivity contribution in [2.24, 2.45) is 0 Å². The van der Waals surface area contributed by atoms with E-state index in [0.29, 0.717) is 19.6 Å². The molecular weight excluding hydrogens is 305 g/mol. The number of rotatable bonds is 5. The van der Waals surface area contributed by atoms with Gasteiger partial charge in [-0.15, -0.1) is 0 Å². The lowest BCUT2D eigenvalue weighted by Crippen LogP contribution is -2.41. The fourth-order valence-corrected chi connectivity index (χ4v) is 2.91. The Bertz CT molecular complexity index is 584. The molecule has 1 aromatic rings. The van der Waals surface area contributed by atoms with Crippen LogP contribution in [0.3, 0.4) is 0 Å². The first-order chi connectivity index (χ1) is 11.3. The SMILES string of the molecule is CC1(C)OB(c2ccc(OCCN3CCCC3=O)cc2)OC1(C)C. The van der Waals surface area contributed by atoms with E-state index in [1.807, 2.05) is 56.9 Å². The average molecular weight is 331 g/mol. The van der Waals surface area contributed by atoms with Gasteiger partial charge in [0.25, 0.3) is 0 Å². The maximum absolute atomic E-state index is 11.6. The number of nitrogens with zero attached hydrogens (tertiary/aromatic N) is 1. The van der Waals surface area contributed by atoms with Crippen LogP contribution in [0.2, 0.25) is 0 Å². The summed E-state index contributed by atoms with van der Waals surface area (Å²) in [7, 11) is -0.355.